The van der Waals surface area contributed by atoms with Gasteiger partial charge >= 0.3 is 0 Å². The number of hydrogen-bond acceptors (Lipinski definition) is 2. The summed E-state index contributed by atoms with van der Waals surface area (Å²) in [6.45, 7) is 0. The standard InChI is InChI=1S/C16H14N2OS/c1-17-16(19)12-7-3-5-9-14(12)20-15-10-18-13-8-4-2-6-11(13)15/h2-10,18H,1H3,(H,17,19). The quantitative estimate of drug-likeness (QED) is 0.769. The molecule has 0 aliphatic heterocycles. The van der Waals surface area contributed by atoms with Crippen molar-refractivity contribution in [3.63, 3.8) is 0 Å². The maximum absolute atomic E-state index is 11.9. The van der Waals surface area contributed by atoms with Gasteiger partial charge in [0.05, 0.1) is 5.56 Å². The fourth-order valence-electron chi connectivity index (χ4n) is 2.13. The number of hydrogen-bond donors (Lipinski definition) is 2. The highest BCUT2D eigenvalue weighted by atomic mass is 32.2. The first-order valence-electron chi connectivity index (χ1n) is 6.34. The normalized spacial score (nSPS) is 10.7. The Labute approximate surface area is 121 Å². The lowest BCUT2D eigenvalue weighted by Crippen LogP contribution is -2.18. The number of aromatic amines is 1. The highest BCUT2D eigenvalue weighted by Gasteiger charge is 2.12. The van der Waals surface area contributed by atoms with Gasteiger partial charge in [-0.1, -0.05) is 42.1 Å². The summed E-state index contributed by atoms with van der Waals surface area (Å²) >= 11 is 1.60. The van der Waals surface area contributed by atoms with Crippen LogP contribution < -0.4 is 5.32 Å². The van der Waals surface area contributed by atoms with Gasteiger partial charge in [0.25, 0.3) is 5.91 Å². The predicted octanol–water partition coefficient (Wildman–Crippen LogP) is 3.68. The molecule has 1 amide bonds. The lowest BCUT2D eigenvalue weighted by atomic mass is 10.2. The van der Waals surface area contributed by atoms with Crippen molar-refractivity contribution in [2.75, 3.05) is 7.05 Å². The molecule has 0 unspecified atom stereocenters. The smallest absolute Gasteiger partial charge is 0.252 e. The summed E-state index contributed by atoms with van der Waals surface area (Å²) in [5, 5.41) is 3.85. The molecule has 0 saturated carbocycles. The minimum Gasteiger partial charge on any atom is -0.360 e. The van der Waals surface area contributed by atoms with Crippen LogP contribution in [-0.4, -0.2) is 17.9 Å². The first-order chi connectivity index (χ1) is 9.79. The highest BCUT2D eigenvalue weighted by Crippen LogP contribution is 2.35. The molecule has 4 heteroatoms. The van der Waals surface area contributed by atoms with Crippen molar-refractivity contribution >= 4 is 28.6 Å². The zero-order chi connectivity index (χ0) is 13.9. The molecule has 100 valence electrons. The van der Waals surface area contributed by atoms with Crippen LogP contribution in [0.2, 0.25) is 0 Å². The van der Waals surface area contributed by atoms with Crippen LogP contribution in [0.5, 0.6) is 0 Å². The fraction of sp³-hybridized carbons (Fsp3) is 0.0625. The Hall–Kier alpha value is -2.20. The summed E-state index contributed by atoms with van der Waals surface area (Å²) in [6, 6.07) is 15.8. The zero-order valence-corrected chi connectivity index (χ0v) is 11.8. The van der Waals surface area contributed by atoms with Crippen molar-refractivity contribution in [2.45, 2.75) is 9.79 Å². The molecule has 0 spiro atoms. The first kappa shape index (κ1) is 12.8. The third-order valence-corrected chi connectivity index (χ3v) is 4.26. The van der Waals surface area contributed by atoms with E-state index in [-0.39, 0.29) is 5.91 Å². The van der Waals surface area contributed by atoms with Crippen LogP contribution in [0, 0.1) is 0 Å². The second-order valence-corrected chi connectivity index (χ2v) is 5.46. The number of H-pyrrole nitrogens is 1. The maximum atomic E-state index is 11.9. The fourth-order valence-corrected chi connectivity index (χ4v) is 3.19. The number of nitrogens with one attached hydrogen (secondary N) is 2. The summed E-state index contributed by atoms with van der Waals surface area (Å²) < 4.78 is 0. The van der Waals surface area contributed by atoms with Gasteiger partial charge in [0.2, 0.25) is 0 Å². The Morgan fingerprint density at radius 2 is 1.80 bits per heavy atom. The summed E-state index contributed by atoms with van der Waals surface area (Å²) in [7, 11) is 1.65. The van der Waals surface area contributed by atoms with Gasteiger partial charge in [-0.3, -0.25) is 4.79 Å². The Morgan fingerprint density at radius 3 is 2.65 bits per heavy atom. The van der Waals surface area contributed by atoms with E-state index >= 15 is 0 Å². The van der Waals surface area contributed by atoms with Crippen molar-refractivity contribution in [1.29, 1.82) is 0 Å². The lowest BCUT2D eigenvalue weighted by molar-refractivity contribution is 0.0960. The maximum Gasteiger partial charge on any atom is 0.252 e. The molecule has 0 saturated heterocycles. The Balaban J connectivity index is 2.01. The number of aromatic nitrogens is 1. The van der Waals surface area contributed by atoms with Crippen LogP contribution in [0.1, 0.15) is 10.4 Å². The predicted molar refractivity (Wildman–Crippen MR) is 82.3 cm³/mol. The number of benzene rings is 2. The van der Waals surface area contributed by atoms with Crippen molar-refractivity contribution in [2.24, 2.45) is 0 Å². The van der Waals surface area contributed by atoms with Crippen molar-refractivity contribution in [1.82, 2.24) is 10.3 Å². The van der Waals surface area contributed by atoms with E-state index in [1.165, 1.54) is 5.39 Å². The van der Waals surface area contributed by atoms with Gasteiger partial charge in [-0.2, -0.15) is 0 Å². The lowest BCUT2D eigenvalue weighted by Gasteiger charge is -2.07. The number of para-hydroxylation sites is 1. The van der Waals surface area contributed by atoms with Crippen molar-refractivity contribution in [3.05, 3.63) is 60.3 Å². The second kappa shape index (κ2) is 5.43. The number of carbonyl (C=O) groups excluding carboxylic acids is 1. The topological polar surface area (TPSA) is 44.9 Å². The third-order valence-electron chi connectivity index (χ3n) is 3.13. The van der Waals surface area contributed by atoms with E-state index in [1.54, 1.807) is 18.8 Å². The van der Waals surface area contributed by atoms with Gasteiger partial charge in [0.15, 0.2) is 0 Å². The van der Waals surface area contributed by atoms with E-state index < -0.39 is 0 Å². The third kappa shape index (κ3) is 2.30. The molecule has 0 aliphatic rings. The molecule has 0 radical (unpaired) electrons. The number of rotatable bonds is 3. The minimum absolute atomic E-state index is 0.0621. The number of carbonyl (C=O) groups is 1. The average Bonchev–Trinajstić information content (AvgIpc) is 2.90. The molecule has 0 fully saturated rings. The zero-order valence-electron chi connectivity index (χ0n) is 11.0. The molecule has 20 heavy (non-hydrogen) atoms. The van der Waals surface area contributed by atoms with E-state index in [4.69, 9.17) is 0 Å². The number of fused-ring (bicyclic) bond motifs is 1. The van der Waals surface area contributed by atoms with Crippen LogP contribution in [-0.2, 0) is 0 Å². The minimum atomic E-state index is -0.0621. The van der Waals surface area contributed by atoms with E-state index in [9.17, 15) is 4.79 Å². The van der Waals surface area contributed by atoms with Gasteiger partial charge in [-0.25, -0.2) is 0 Å². The average molecular weight is 282 g/mol. The van der Waals surface area contributed by atoms with Gasteiger partial charge in [0, 0.05) is 33.9 Å². The Kier molecular flexibility index (Phi) is 3.48. The highest BCUT2D eigenvalue weighted by molar-refractivity contribution is 7.99. The van der Waals surface area contributed by atoms with Crippen LogP contribution in [0.15, 0.2) is 64.5 Å². The largest absolute Gasteiger partial charge is 0.360 e. The summed E-state index contributed by atoms with van der Waals surface area (Å²) in [6.07, 6.45) is 1.98. The molecule has 2 N–H and O–H groups in total. The van der Waals surface area contributed by atoms with E-state index in [0.717, 1.165) is 15.3 Å². The van der Waals surface area contributed by atoms with Gasteiger partial charge in [-0.05, 0) is 18.2 Å². The van der Waals surface area contributed by atoms with Crippen LogP contribution in [0.25, 0.3) is 10.9 Å². The molecule has 3 aromatic rings. The summed E-state index contributed by atoms with van der Waals surface area (Å²) in [5.41, 5.74) is 1.80. The van der Waals surface area contributed by atoms with Crippen molar-refractivity contribution in [3.8, 4) is 0 Å². The Morgan fingerprint density at radius 1 is 1.05 bits per heavy atom. The molecule has 1 aromatic heterocycles. The molecule has 1 heterocycles. The summed E-state index contributed by atoms with van der Waals surface area (Å²) in [5.74, 6) is -0.0621. The molecular formula is C16H14N2OS. The SMILES string of the molecule is CNC(=O)c1ccccc1Sc1c[nH]c2ccccc12. The van der Waals surface area contributed by atoms with E-state index in [0.29, 0.717) is 5.56 Å². The number of amides is 1. The molecule has 0 aliphatic carbocycles. The van der Waals surface area contributed by atoms with Gasteiger partial charge < -0.3 is 10.3 Å². The molecule has 2 aromatic carbocycles. The monoisotopic (exact) mass is 282 g/mol. The Bertz CT molecular complexity index is 764. The van der Waals surface area contributed by atoms with Crippen LogP contribution >= 0.6 is 11.8 Å². The summed E-state index contributed by atoms with van der Waals surface area (Å²) in [4.78, 5) is 17.2. The molecule has 0 bridgehead atoms. The van der Waals surface area contributed by atoms with Crippen LogP contribution in [0.4, 0.5) is 0 Å². The first-order valence-corrected chi connectivity index (χ1v) is 7.16. The molecular weight excluding hydrogens is 268 g/mol. The van der Waals surface area contributed by atoms with E-state index in [1.807, 2.05) is 48.7 Å². The van der Waals surface area contributed by atoms with E-state index in [2.05, 4.69) is 16.4 Å². The molecule has 0 atom stereocenters. The van der Waals surface area contributed by atoms with Crippen LogP contribution in [0.3, 0.4) is 0 Å². The van der Waals surface area contributed by atoms with Crippen molar-refractivity contribution < 1.29 is 4.79 Å². The molecule has 3 rings (SSSR count). The van der Waals surface area contributed by atoms with Gasteiger partial charge in [0.1, 0.15) is 0 Å². The second-order valence-electron chi connectivity index (χ2n) is 4.38. The van der Waals surface area contributed by atoms with Gasteiger partial charge in [-0.15, -0.1) is 0 Å². The molecule has 3 nitrogen and oxygen atoms in total.